The number of hydrogen-bond donors (Lipinski definition) is 2. The number of hydrogen-bond acceptors (Lipinski definition) is 2. The van der Waals surface area contributed by atoms with E-state index in [-0.39, 0.29) is 11.3 Å². The number of benzene rings is 1. The second-order valence-electron chi connectivity index (χ2n) is 5.11. The minimum Gasteiger partial charge on any atom is -0.324 e. The smallest absolute Gasteiger partial charge is 0.231 e. The molecule has 2 N–H and O–H groups in total. The van der Waals surface area contributed by atoms with Crippen molar-refractivity contribution in [3.63, 3.8) is 0 Å². The van der Waals surface area contributed by atoms with E-state index in [1.165, 1.54) is 0 Å². The van der Waals surface area contributed by atoms with Crippen molar-refractivity contribution < 1.29 is 4.79 Å². The molecule has 1 unspecified atom stereocenters. The summed E-state index contributed by atoms with van der Waals surface area (Å²) >= 11 is 10.4. The zero-order valence-corrected chi connectivity index (χ0v) is 16.0. The molecule has 6 heteroatoms. The van der Waals surface area contributed by atoms with Crippen LogP contribution in [0.15, 0.2) is 25.6 Å². The number of rotatable bonds is 3. The molecule has 2 rings (SSSR count). The van der Waals surface area contributed by atoms with Gasteiger partial charge in [0.2, 0.25) is 5.91 Å². The zero-order valence-electron chi connectivity index (χ0n) is 11.2. The van der Waals surface area contributed by atoms with E-state index in [0.717, 1.165) is 51.5 Å². The molecule has 1 fully saturated rings. The molecule has 0 radical (unpaired) electrons. The van der Waals surface area contributed by atoms with E-state index in [4.69, 9.17) is 0 Å². The number of halogens is 3. The third kappa shape index (κ3) is 3.46. The van der Waals surface area contributed by atoms with E-state index in [9.17, 15) is 4.79 Å². The first-order valence-electron chi connectivity index (χ1n) is 6.65. The van der Waals surface area contributed by atoms with E-state index in [1.54, 1.807) is 0 Å². The molecule has 1 saturated heterocycles. The predicted molar refractivity (Wildman–Crippen MR) is 93.0 cm³/mol. The second-order valence-corrected chi connectivity index (χ2v) is 7.74. The lowest BCUT2D eigenvalue weighted by Gasteiger charge is -2.35. The van der Waals surface area contributed by atoms with Crippen LogP contribution in [0.1, 0.15) is 26.2 Å². The fourth-order valence-electron chi connectivity index (χ4n) is 2.53. The molecule has 1 atom stereocenters. The van der Waals surface area contributed by atoms with Crippen LogP contribution in [0.2, 0.25) is 0 Å². The highest BCUT2D eigenvalue weighted by atomic mass is 79.9. The van der Waals surface area contributed by atoms with Crippen LogP contribution in [0.4, 0.5) is 5.69 Å². The molecular formula is C14H17Br3N2O. The summed E-state index contributed by atoms with van der Waals surface area (Å²) in [6.45, 7) is 3.83. The van der Waals surface area contributed by atoms with Gasteiger partial charge in [-0.15, -0.1) is 0 Å². The van der Waals surface area contributed by atoms with Crippen molar-refractivity contribution in [1.29, 1.82) is 0 Å². The zero-order chi connectivity index (χ0) is 14.8. The molecular weight excluding hydrogens is 452 g/mol. The van der Waals surface area contributed by atoms with Gasteiger partial charge in [0, 0.05) is 20.0 Å². The van der Waals surface area contributed by atoms with Crippen LogP contribution in [-0.4, -0.2) is 19.0 Å². The molecule has 0 spiro atoms. The molecule has 20 heavy (non-hydrogen) atoms. The van der Waals surface area contributed by atoms with Gasteiger partial charge >= 0.3 is 0 Å². The second kappa shape index (κ2) is 6.90. The Bertz CT molecular complexity index is 490. The van der Waals surface area contributed by atoms with Gasteiger partial charge in [-0.2, -0.15) is 0 Å². The topological polar surface area (TPSA) is 41.1 Å². The summed E-state index contributed by atoms with van der Waals surface area (Å²) in [5, 5.41) is 6.41. The quantitative estimate of drug-likeness (QED) is 0.675. The molecule has 1 heterocycles. The van der Waals surface area contributed by atoms with Crippen molar-refractivity contribution in [3.8, 4) is 0 Å². The number of carbonyl (C=O) groups is 1. The number of piperidine rings is 1. The minimum atomic E-state index is -0.301. The Morgan fingerprint density at radius 3 is 2.50 bits per heavy atom. The van der Waals surface area contributed by atoms with E-state index in [2.05, 4.69) is 65.3 Å². The Kier molecular flexibility index (Phi) is 5.68. The van der Waals surface area contributed by atoms with Gasteiger partial charge in [0.05, 0.1) is 11.1 Å². The average Bonchev–Trinajstić information content (AvgIpc) is 2.43. The van der Waals surface area contributed by atoms with Gasteiger partial charge in [-0.25, -0.2) is 0 Å². The lowest BCUT2D eigenvalue weighted by atomic mass is 9.77. The Morgan fingerprint density at radius 2 is 2.00 bits per heavy atom. The molecule has 1 aromatic rings. The molecule has 1 aliphatic heterocycles. The van der Waals surface area contributed by atoms with Crippen molar-refractivity contribution in [2.75, 3.05) is 18.4 Å². The largest absolute Gasteiger partial charge is 0.324 e. The SMILES string of the molecule is CCC1(C(=O)Nc2c(Br)cc(Br)cc2Br)CCCNC1. The summed E-state index contributed by atoms with van der Waals surface area (Å²) in [6.07, 6.45) is 2.83. The van der Waals surface area contributed by atoms with Crippen LogP contribution < -0.4 is 10.6 Å². The first-order valence-corrected chi connectivity index (χ1v) is 9.03. The van der Waals surface area contributed by atoms with Crippen molar-refractivity contribution in [2.24, 2.45) is 5.41 Å². The highest BCUT2D eigenvalue weighted by Gasteiger charge is 2.38. The van der Waals surface area contributed by atoms with Crippen molar-refractivity contribution in [1.82, 2.24) is 5.32 Å². The third-order valence-electron chi connectivity index (χ3n) is 3.88. The molecule has 0 saturated carbocycles. The van der Waals surface area contributed by atoms with E-state index in [0.29, 0.717) is 0 Å². The van der Waals surface area contributed by atoms with Crippen LogP contribution in [0.5, 0.6) is 0 Å². The van der Waals surface area contributed by atoms with Gasteiger partial charge in [0.25, 0.3) is 0 Å². The van der Waals surface area contributed by atoms with E-state index in [1.807, 2.05) is 12.1 Å². The number of anilines is 1. The van der Waals surface area contributed by atoms with E-state index < -0.39 is 0 Å². The number of amides is 1. The molecule has 1 aliphatic rings. The molecule has 1 aromatic carbocycles. The molecule has 0 bridgehead atoms. The van der Waals surface area contributed by atoms with Crippen LogP contribution in [0.3, 0.4) is 0 Å². The summed E-state index contributed by atoms with van der Waals surface area (Å²) in [4.78, 5) is 12.7. The lowest BCUT2D eigenvalue weighted by molar-refractivity contribution is -0.126. The van der Waals surface area contributed by atoms with Crippen molar-refractivity contribution in [3.05, 3.63) is 25.6 Å². The monoisotopic (exact) mass is 466 g/mol. The van der Waals surface area contributed by atoms with Crippen molar-refractivity contribution >= 4 is 59.4 Å². The van der Waals surface area contributed by atoms with Gasteiger partial charge < -0.3 is 10.6 Å². The Balaban J connectivity index is 2.23. The fourth-order valence-corrected chi connectivity index (χ4v) is 4.99. The summed E-state index contributed by atoms with van der Waals surface area (Å²) in [5.74, 6) is 0.0934. The normalized spacial score (nSPS) is 22.6. The minimum absolute atomic E-state index is 0.0934. The highest BCUT2D eigenvalue weighted by Crippen LogP contribution is 2.37. The lowest BCUT2D eigenvalue weighted by Crippen LogP contribution is -2.47. The molecule has 0 aromatic heterocycles. The van der Waals surface area contributed by atoms with E-state index >= 15 is 0 Å². The maximum Gasteiger partial charge on any atom is 0.231 e. The maximum atomic E-state index is 12.7. The van der Waals surface area contributed by atoms with Gasteiger partial charge in [0.15, 0.2) is 0 Å². The number of nitrogens with one attached hydrogen (secondary N) is 2. The fraction of sp³-hybridized carbons (Fsp3) is 0.500. The molecule has 0 aliphatic carbocycles. The Morgan fingerprint density at radius 1 is 1.35 bits per heavy atom. The summed E-state index contributed by atoms with van der Waals surface area (Å²) in [6, 6.07) is 3.86. The van der Waals surface area contributed by atoms with Crippen LogP contribution in [0, 0.1) is 5.41 Å². The maximum absolute atomic E-state index is 12.7. The third-order valence-corrected chi connectivity index (χ3v) is 5.58. The number of carbonyl (C=O) groups excluding carboxylic acids is 1. The highest BCUT2D eigenvalue weighted by molar-refractivity contribution is 9.11. The average molecular weight is 469 g/mol. The van der Waals surface area contributed by atoms with Gasteiger partial charge in [-0.3, -0.25) is 4.79 Å². The molecule has 3 nitrogen and oxygen atoms in total. The Labute approximate surface area is 144 Å². The summed E-state index contributed by atoms with van der Waals surface area (Å²) in [5.41, 5.74) is 0.487. The van der Waals surface area contributed by atoms with Gasteiger partial charge in [-0.05, 0) is 69.8 Å². The Hall–Kier alpha value is 0.0900. The van der Waals surface area contributed by atoms with Crippen LogP contribution >= 0.6 is 47.8 Å². The molecule has 110 valence electrons. The van der Waals surface area contributed by atoms with Gasteiger partial charge in [-0.1, -0.05) is 22.9 Å². The van der Waals surface area contributed by atoms with Crippen LogP contribution in [0.25, 0.3) is 0 Å². The van der Waals surface area contributed by atoms with Gasteiger partial charge in [0.1, 0.15) is 0 Å². The molecule has 1 amide bonds. The summed E-state index contributed by atoms with van der Waals surface area (Å²) in [7, 11) is 0. The van der Waals surface area contributed by atoms with Crippen molar-refractivity contribution in [2.45, 2.75) is 26.2 Å². The van der Waals surface area contributed by atoms with Crippen LogP contribution in [-0.2, 0) is 4.79 Å². The predicted octanol–water partition coefficient (Wildman–Crippen LogP) is 4.69. The standard InChI is InChI=1S/C14H17Br3N2O/c1-2-14(4-3-5-18-8-14)13(20)19-12-10(16)6-9(15)7-11(12)17/h6-7,18H,2-5,8H2,1H3,(H,19,20). The first-order chi connectivity index (χ1) is 9.48. The first kappa shape index (κ1) is 16.5. The summed E-state index contributed by atoms with van der Waals surface area (Å²) < 4.78 is 2.68.